The van der Waals surface area contributed by atoms with E-state index >= 15 is 0 Å². The second-order valence-corrected chi connectivity index (χ2v) is 4.58. The molecule has 0 saturated carbocycles. The number of amides is 1. The Balaban J connectivity index is 2.37. The van der Waals surface area contributed by atoms with E-state index in [-0.39, 0.29) is 0 Å². The van der Waals surface area contributed by atoms with Crippen molar-refractivity contribution in [2.45, 2.75) is 9.79 Å². The summed E-state index contributed by atoms with van der Waals surface area (Å²) in [6.45, 7) is 0. The Kier molecular flexibility index (Phi) is 3.35. The Morgan fingerprint density at radius 3 is 2.18 bits per heavy atom. The van der Waals surface area contributed by atoms with E-state index in [1.807, 2.05) is 36.4 Å². The lowest BCUT2D eigenvalue weighted by molar-refractivity contribution is 0.0997. The molecule has 0 unspecified atom stereocenters. The van der Waals surface area contributed by atoms with Gasteiger partial charge >= 0.3 is 0 Å². The molecule has 4 N–H and O–H groups in total. The van der Waals surface area contributed by atoms with Crippen molar-refractivity contribution in [3.63, 3.8) is 0 Å². The van der Waals surface area contributed by atoms with Crippen LogP contribution in [-0.4, -0.2) is 5.91 Å². The minimum Gasteiger partial charge on any atom is -0.398 e. The number of hydrogen-bond donors (Lipinski definition) is 2. The normalized spacial score (nSPS) is 10.1. The fourth-order valence-electron chi connectivity index (χ4n) is 1.45. The summed E-state index contributed by atoms with van der Waals surface area (Å²) in [5, 5.41) is 0. The highest BCUT2D eigenvalue weighted by atomic mass is 32.2. The van der Waals surface area contributed by atoms with Crippen LogP contribution in [0, 0.1) is 0 Å². The molecule has 0 spiro atoms. The van der Waals surface area contributed by atoms with Crippen LogP contribution in [-0.2, 0) is 0 Å². The van der Waals surface area contributed by atoms with Crippen LogP contribution in [0.25, 0.3) is 0 Å². The molecule has 0 atom stereocenters. The van der Waals surface area contributed by atoms with E-state index in [4.69, 9.17) is 11.5 Å². The van der Waals surface area contributed by atoms with Crippen LogP contribution < -0.4 is 11.5 Å². The van der Waals surface area contributed by atoms with Gasteiger partial charge in [-0.2, -0.15) is 0 Å². The molecule has 4 heteroatoms. The summed E-state index contributed by atoms with van der Waals surface area (Å²) in [7, 11) is 0. The van der Waals surface area contributed by atoms with Gasteiger partial charge in [0.25, 0.3) is 0 Å². The largest absolute Gasteiger partial charge is 0.398 e. The maximum absolute atomic E-state index is 11.3. The molecule has 0 aliphatic carbocycles. The molecule has 0 fully saturated rings. The smallest absolute Gasteiger partial charge is 0.249 e. The molecule has 86 valence electrons. The third-order valence-electron chi connectivity index (χ3n) is 2.29. The fourth-order valence-corrected chi connectivity index (χ4v) is 2.45. The first-order valence-electron chi connectivity index (χ1n) is 5.09. The second kappa shape index (κ2) is 4.93. The molecule has 2 aromatic carbocycles. The first kappa shape index (κ1) is 11.5. The molecule has 0 aromatic heterocycles. The molecule has 0 bridgehead atoms. The van der Waals surface area contributed by atoms with Gasteiger partial charge < -0.3 is 11.5 Å². The van der Waals surface area contributed by atoms with Gasteiger partial charge in [0.15, 0.2) is 0 Å². The fraction of sp³-hybridized carbons (Fsp3) is 0. The minimum atomic E-state index is -0.428. The maximum Gasteiger partial charge on any atom is 0.249 e. The third-order valence-corrected chi connectivity index (χ3v) is 3.46. The van der Waals surface area contributed by atoms with Gasteiger partial charge in [-0.25, -0.2) is 0 Å². The van der Waals surface area contributed by atoms with Gasteiger partial charge in [-0.05, 0) is 24.3 Å². The van der Waals surface area contributed by atoms with Crippen LogP contribution in [0.2, 0.25) is 0 Å². The number of para-hydroxylation sites is 1. The van der Waals surface area contributed by atoms with Gasteiger partial charge in [-0.3, -0.25) is 4.79 Å². The van der Waals surface area contributed by atoms with E-state index in [9.17, 15) is 4.79 Å². The topological polar surface area (TPSA) is 69.1 Å². The SMILES string of the molecule is NC(=O)c1ccccc1Sc1ccccc1N. The number of nitrogens with two attached hydrogens (primary N) is 2. The molecular formula is C13H12N2OS. The van der Waals surface area contributed by atoms with Crippen molar-refractivity contribution in [3.05, 3.63) is 54.1 Å². The number of rotatable bonds is 3. The zero-order chi connectivity index (χ0) is 12.3. The first-order valence-corrected chi connectivity index (χ1v) is 5.91. The lowest BCUT2D eigenvalue weighted by atomic mass is 10.2. The number of carbonyl (C=O) groups excluding carboxylic acids is 1. The number of primary amides is 1. The summed E-state index contributed by atoms with van der Waals surface area (Å²) in [6.07, 6.45) is 0. The summed E-state index contributed by atoms with van der Waals surface area (Å²) in [5.74, 6) is -0.428. The zero-order valence-corrected chi connectivity index (χ0v) is 9.91. The van der Waals surface area contributed by atoms with Crippen LogP contribution in [0.5, 0.6) is 0 Å². The zero-order valence-electron chi connectivity index (χ0n) is 9.09. The van der Waals surface area contributed by atoms with Crippen molar-refractivity contribution < 1.29 is 4.79 Å². The van der Waals surface area contributed by atoms with E-state index in [2.05, 4.69) is 0 Å². The third kappa shape index (κ3) is 2.60. The summed E-state index contributed by atoms with van der Waals surface area (Å²) in [4.78, 5) is 13.0. The Morgan fingerprint density at radius 1 is 0.941 bits per heavy atom. The van der Waals surface area contributed by atoms with Crippen molar-refractivity contribution in [2.24, 2.45) is 5.73 Å². The second-order valence-electron chi connectivity index (χ2n) is 3.50. The Labute approximate surface area is 104 Å². The Bertz CT molecular complexity index is 555. The van der Waals surface area contributed by atoms with Crippen LogP contribution >= 0.6 is 11.8 Å². The van der Waals surface area contributed by atoms with Gasteiger partial charge in [-0.15, -0.1) is 0 Å². The molecule has 2 rings (SSSR count). The van der Waals surface area contributed by atoms with Crippen LogP contribution in [0.1, 0.15) is 10.4 Å². The molecule has 0 radical (unpaired) electrons. The van der Waals surface area contributed by atoms with Crippen molar-refractivity contribution >= 4 is 23.4 Å². The van der Waals surface area contributed by atoms with Gasteiger partial charge in [0.1, 0.15) is 0 Å². The Morgan fingerprint density at radius 2 is 1.53 bits per heavy atom. The molecule has 17 heavy (non-hydrogen) atoms. The molecule has 2 aromatic rings. The summed E-state index contributed by atoms with van der Waals surface area (Å²) >= 11 is 1.44. The monoisotopic (exact) mass is 244 g/mol. The average Bonchev–Trinajstić information content (AvgIpc) is 2.32. The van der Waals surface area contributed by atoms with E-state index in [1.165, 1.54) is 11.8 Å². The predicted octanol–water partition coefficient (Wildman–Crippen LogP) is 2.52. The Hall–Kier alpha value is -1.94. The summed E-state index contributed by atoms with van der Waals surface area (Å²) in [6, 6.07) is 14.8. The van der Waals surface area contributed by atoms with Gasteiger partial charge in [0.2, 0.25) is 5.91 Å². The van der Waals surface area contributed by atoms with Crippen molar-refractivity contribution in [1.29, 1.82) is 0 Å². The summed E-state index contributed by atoms with van der Waals surface area (Å²) in [5.41, 5.74) is 12.4. The number of carbonyl (C=O) groups is 1. The highest BCUT2D eigenvalue weighted by Crippen LogP contribution is 2.33. The number of benzene rings is 2. The van der Waals surface area contributed by atoms with E-state index in [0.717, 1.165) is 9.79 Å². The number of anilines is 1. The molecule has 0 heterocycles. The average molecular weight is 244 g/mol. The lowest BCUT2D eigenvalue weighted by Crippen LogP contribution is -2.11. The standard InChI is InChI=1S/C13H12N2OS/c14-10-6-2-4-8-12(10)17-11-7-3-1-5-9(11)13(15)16/h1-8H,14H2,(H2,15,16). The van der Waals surface area contributed by atoms with Crippen LogP contribution in [0.3, 0.4) is 0 Å². The van der Waals surface area contributed by atoms with Gasteiger partial charge in [-0.1, -0.05) is 36.0 Å². The lowest BCUT2D eigenvalue weighted by Gasteiger charge is -2.07. The predicted molar refractivity (Wildman–Crippen MR) is 69.9 cm³/mol. The van der Waals surface area contributed by atoms with E-state index < -0.39 is 5.91 Å². The van der Waals surface area contributed by atoms with Crippen molar-refractivity contribution in [2.75, 3.05) is 5.73 Å². The number of nitrogen functional groups attached to an aromatic ring is 1. The molecule has 3 nitrogen and oxygen atoms in total. The van der Waals surface area contributed by atoms with E-state index in [0.29, 0.717) is 11.3 Å². The molecule has 0 aliphatic rings. The number of hydrogen-bond acceptors (Lipinski definition) is 3. The van der Waals surface area contributed by atoms with Crippen molar-refractivity contribution in [3.8, 4) is 0 Å². The maximum atomic E-state index is 11.3. The van der Waals surface area contributed by atoms with E-state index in [1.54, 1.807) is 12.1 Å². The summed E-state index contributed by atoms with van der Waals surface area (Å²) < 4.78 is 0. The minimum absolute atomic E-state index is 0.428. The van der Waals surface area contributed by atoms with Crippen LogP contribution in [0.4, 0.5) is 5.69 Å². The molecule has 1 amide bonds. The highest BCUT2D eigenvalue weighted by Gasteiger charge is 2.09. The molecule has 0 saturated heterocycles. The van der Waals surface area contributed by atoms with Gasteiger partial charge in [0, 0.05) is 15.5 Å². The van der Waals surface area contributed by atoms with Gasteiger partial charge in [0.05, 0.1) is 5.56 Å². The highest BCUT2D eigenvalue weighted by molar-refractivity contribution is 7.99. The van der Waals surface area contributed by atoms with Crippen molar-refractivity contribution in [1.82, 2.24) is 0 Å². The molecular weight excluding hydrogens is 232 g/mol. The van der Waals surface area contributed by atoms with Crippen LogP contribution in [0.15, 0.2) is 58.3 Å². The molecule has 0 aliphatic heterocycles. The first-order chi connectivity index (χ1) is 8.18. The quantitative estimate of drug-likeness (QED) is 0.815.